The van der Waals surface area contributed by atoms with Crippen LogP contribution in [-0.4, -0.2) is 30.9 Å². The van der Waals surface area contributed by atoms with Gasteiger partial charge in [-0.15, -0.1) is 0 Å². The van der Waals surface area contributed by atoms with Crippen LogP contribution in [0.3, 0.4) is 0 Å². The minimum absolute atomic E-state index is 0.159. The minimum Gasteiger partial charge on any atom is -0.497 e. The third kappa shape index (κ3) is 5.16. The van der Waals surface area contributed by atoms with Crippen molar-refractivity contribution >= 4 is 23.3 Å². The molecule has 6 heteroatoms. The first-order valence-electron chi connectivity index (χ1n) is 7.18. The van der Waals surface area contributed by atoms with Gasteiger partial charge < -0.3 is 20.5 Å². The van der Waals surface area contributed by atoms with Crippen molar-refractivity contribution in [3.63, 3.8) is 0 Å². The van der Waals surface area contributed by atoms with E-state index in [4.69, 9.17) is 16.3 Å². The summed E-state index contributed by atoms with van der Waals surface area (Å²) < 4.78 is 5.10. The maximum atomic E-state index is 12.1. The highest BCUT2D eigenvalue weighted by Gasteiger charge is 2.13. The van der Waals surface area contributed by atoms with Gasteiger partial charge in [-0.05, 0) is 24.1 Å². The van der Waals surface area contributed by atoms with E-state index in [2.05, 4.69) is 10.6 Å². The molecule has 2 amide bonds. The monoisotopic (exact) mass is 334 g/mol. The van der Waals surface area contributed by atoms with E-state index in [9.17, 15) is 9.90 Å². The number of urea groups is 1. The number of rotatable bonds is 6. The molecule has 3 N–H and O–H groups in total. The van der Waals surface area contributed by atoms with Crippen molar-refractivity contribution in [3.8, 4) is 5.75 Å². The lowest BCUT2D eigenvalue weighted by Gasteiger charge is -2.17. The van der Waals surface area contributed by atoms with Crippen LogP contribution in [0.1, 0.15) is 5.56 Å². The first-order chi connectivity index (χ1) is 11.1. The summed E-state index contributed by atoms with van der Waals surface area (Å²) in [6.07, 6.45) is 0.538. The molecule has 0 heterocycles. The molecule has 0 aliphatic rings. The first kappa shape index (κ1) is 17.1. The standard InChI is InChI=1S/C17H19ClN2O3/c1-23-14-7-8-15(18)16(10-14)20-17(22)19-13(11-21)9-12-5-3-2-4-6-12/h2-8,10,13,21H,9,11H2,1H3,(H2,19,20,22)/t13-/m0/s1. The Labute approximate surface area is 140 Å². The number of ether oxygens (including phenoxy) is 1. The number of nitrogens with one attached hydrogen (secondary N) is 2. The number of benzene rings is 2. The summed E-state index contributed by atoms with van der Waals surface area (Å²) in [6, 6.07) is 13.8. The molecule has 0 spiro atoms. The van der Waals surface area contributed by atoms with E-state index in [0.29, 0.717) is 22.9 Å². The van der Waals surface area contributed by atoms with Crippen LogP contribution >= 0.6 is 11.6 Å². The van der Waals surface area contributed by atoms with E-state index in [1.165, 1.54) is 7.11 Å². The Morgan fingerprint density at radius 3 is 2.65 bits per heavy atom. The quantitative estimate of drug-likeness (QED) is 0.760. The summed E-state index contributed by atoms with van der Waals surface area (Å²) >= 11 is 6.05. The van der Waals surface area contributed by atoms with Gasteiger partial charge in [-0.2, -0.15) is 0 Å². The Balaban J connectivity index is 1.97. The third-order valence-electron chi connectivity index (χ3n) is 3.30. The molecule has 0 aliphatic heterocycles. The summed E-state index contributed by atoms with van der Waals surface area (Å²) in [6.45, 7) is -0.159. The van der Waals surface area contributed by atoms with Crippen molar-refractivity contribution in [1.29, 1.82) is 0 Å². The minimum atomic E-state index is -0.435. The molecule has 0 radical (unpaired) electrons. The fourth-order valence-electron chi connectivity index (χ4n) is 2.13. The number of carbonyl (C=O) groups excluding carboxylic acids is 1. The van der Waals surface area contributed by atoms with Crippen LogP contribution in [0.25, 0.3) is 0 Å². The summed E-state index contributed by atoms with van der Waals surface area (Å²) in [5, 5.41) is 15.2. The predicted octanol–water partition coefficient (Wildman–Crippen LogP) is 3.07. The van der Waals surface area contributed by atoms with Crippen LogP contribution in [0.5, 0.6) is 5.75 Å². The molecule has 1 atom stereocenters. The zero-order valence-corrected chi connectivity index (χ0v) is 13.5. The Morgan fingerprint density at radius 1 is 1.26 bits per heavy atom. The summed E-state index contributed by atoms with van der Waals surface area (Å²) in [7, 11) is 1.54. The highest BCUT2D eigenvalue weighted by atomic mass is 35.5. The maximum absolute atomic E-state index is 12.1. The van der Waals surface area contributed by atoms with Gasteiger partial charge in [0.1, 0.15) is 5.75 Å². The number of hydrogen-bond acceptors (Lipinski definition) is 3. The highest BCUT2D eigenvalue weighted by molar-refractivity contribution is 6.33. The number of carbonyl (C=O) groups is 1. The Bertz CT molecular complexity index is 650. The molecular weight excluding hydrogens is 316 g/mol. The fourth-order valence-corrected chi connectivity index (χ4v) is 2.30. The van der Waals surface area contributed by atoms with E-state index >= 15 is 0 Å². The molecule has 0 saturated carbocycles. The lowest BCUT2D eigenvalue weighted by Crippen LogP contribution is -2.41. The second-order valence-electron chi connectivity index (χ2n) is 5.01. The molecule has 5 nitrogen and oxygen atoms in total. The van der Waals surface area contributed by atoms with Crippen LogP contribution in [0.4, 0.5) is 10.5 Å². The second-order valence-corrected chi connectivity index (χ2v) is 5.42. The fraction of sp³-hybridized carbons (Fsp3) is 0.235. The maximum Gasteiger partial charge on any atom is 0.319 e. The van der Waals surface area contributed by atoms with E-state index in [0.717, 1.165) is 5.56 Å². The molecule has 2 aromatic carbocycles. The second kappa shape index (κ2) is 8.41. The molecule has 2 aromatic rings. The van der Waals surface area contributed by atoms with Gasteiger partial charge in [0, 0.05) is 6.07 Å². The van der Waals surface area contributed by atoms with Gasteiger partial charge in [-0.3, -0.25) is 0 Å². The lowest BCUT2D eigenvalue weighted by atomic mass is 10.1. The van der Waals surface area contributed by atoms with Crippen molar-refractivity contribution in [2.75, 3.05) is 19.0 Å². The normalized spacial score (nSPS) is 11.6. The van der Waals surface area contributed by atoms with Crippen molar-refractivity contribution in [1.82, 2.24) is 5.32 Å². The number of anilines is 1. The van der Waals surface area contributed by atoms with Crippen LogP contribution in [0, 0.1) is 0 Å². The smallest absolute Gasteiger partial charge is 0.319 e. The average Bonchev–Trinajstić information content (AvgIpc) is 2.57. The molecule has 2 rings (SSSR count). The number of amides is 2. The largest absolute Gasteiger partial charge is 0.497 e. The molecule has 122 valence electrons. The topological polar surface area (TPSA) is 70.6 Å². The van der Waals surface area contributed by atoms with Crippen molar-refractivity contribution in [2.24, 2.45) is 0 Å². The van der Waals surface area contributed by atoms with E-state index in [1.54, 1.807) is 18.2 Å². The van der Waals surface area contributed by atoms with E-state index in [-0.39, 0.29) is 12.6 Å². The molecule has 23 heavy (non-hydrogen) atoms. The molecule has 0 saturated heterocycles. The molecule has 0 unspecified atom stereocenters. The van der Waals surface area contributed by atoms with E-state index < -0.39 is 6.03 Å². The zero-order chi connectivity index (χ0) is 16.7. The number of aliphatic hydroxyl groups excluding tert-OH is 1. The van der Waals surface area contributed by atoms with Crippen molar-refractivity contribution < 1.29 is 14.6 Å². The molecular formula is C17H19ClN2O3. The van der Waals surface area contributed by atoms with Crippen LogP contribution in [-0.2, 0) is 6.42 Å². The Morgan fingerprint density at radius 2 is 2.00 bits per heavy atom. The van der Waals surface area contributed by atoms with Gasteiger partial charge in [-0.25, -0.2) is 4.79 Å². The number of halogens is 1. The third-order valence-corrected chi connectivity index (χ3v) is 3.63. The summed E-state index contributed by atoms with van der Waals surface area (Å²) in [5.41, 5.74) is 1.48. The van der Waals surface area contributed by atoms with E-state index in [1.807, 2.05) is 30.3 Å². The van der Waals surface area contributed by atoms with Crippen LogP contribution in [0.2, 0.25) is 5.02 Å². The average molecular weight is 335 g/mol. The first-order valence-corrected chi connectivity index (χ1v) is 7.56. The van der Waals surface area contributed by atoms with Gasteiger partial charge in [0.2, 0.25) is 0 Å². The predicted molar refractivity (Wildman–Crippen MR) is 91.2 cm³/mol. The summed E-state index contributed by atoms with van der Waals surface area (Å²) in [4.78, 5) is 12.1. The molecule has 0 fully saturated rings. The molecule has 0 aromatic heterocycles. The van der Waals surface area contributed by atoms with Crippen LogP contribution < -0.4 is 15.4 Å². The van der Waals surface area contributed by atoms with Crippen LogP contribution in [0.15, 0.2) is 48.5 Å². The van der Waals surface area contributed by atoms with Gasteiger partial charge in [-0.1, -0.05) is 41.9 Å². The number of aliphatic hydroxyl groups is 1. The van der Waals surface area contributed by atoms with Crippen molar-refractivity contribution in [3.05, 3.63) is 59.1 Å². The SMILES string of the molecule is COc1ccc(Cl)c(NC(=O)N[C@H](CO)Cc2ccccc2)c1. The molecule has 0 bridgehead atoms. The Hall–Kier alpha value is -2.24. The highest BCUT2D eigenvalue weighted by Crippen LogP contribution is 2.26. The number of hydrogen-bond donors (Lipinski definition) is 3. The van der Waals surface area contributed by atoms with Gasteiger partial charge in [0.05, 0.1) is 30.5 Å². The zero-order valence-electron chi connectivity index (χ0n) is 12.8. The van der Waals surface area contributed by atoms with Crippen molar-refractivity contribution in [2.45, 2.75) is 12.5 Å². The summed E-state index contributed by atoms with van der Waals surface area (Å²) in [5.74, 6) is 0.590. The Kier molecular flexibility index (Phi) is 6.26. The van der Waals surface area contributed by atoms with Gasteiger partial charge in [0.15, 0.2) is 0 Å². The molecule has 0 aliphatic carbocycles. The number of methoxy groups -OCH3 is 1. The lowest BCUT2D eigenvalue weighted by molar-refractivity contribution is 0.224. The van der Waals surface area contributed by atoms with Gasteiger partial charge >= 0.3 is 6.03 Å². The van der Waals surface area contributed by atoms with Gasteiger partial charge in [0.25, 0.3) is 0 Å².